The molecule has 6 heteroatoms. The molecule has 0 radical (unpaired) electrons. The number of aryl methyl sites for hydroxylation is 2. The number of furan rings is 1. The molecule has 0 spiro atoms. The topological polar surface area (TPSA) is 64.3 Å². The van der Waals surface area contributed by atoms with Crippen molar-refractivity contribution in [2.75, 3.05) is 31.2 Å². The molecule has 1 saturated heterocycles. The largest absolute Gasteiger partial charge is 0.432 e. The molecular formula is C17H18N4O2. The molecule has 0 aromatic carbocycles. The van der Waals surface area contributed by atoms with Gasteiger partial charge in [0.25, 0.3) is 0 Å². The Morgan fingerprint density at radius 1 is 1.04 bits per heavy atom. The summed E-state index contributed by atoms with van der Waals surface area (Å²) in [7, 11) is 0. The lowest BCUT2D eigenvalue weighted by Crippen LogP contribution is -2.36. The minimum Gasteiger partial charge on any atom is -0.432 e. The molecule has 1 aliphatic heterocycles. The van der Waals surface area contributed by atoms with Crippen LogP contribution in [0.4, 0.5) is 5.82 Å². The molecule has 3 aromatic heterocycles. The molecule has 1 fully saturated rings. The lowest BCUT2D eigenvalue weighted by atomic mass is 9.95. The van der Waals surface area contributed by atoms with Crippen LogP contribution in [0, 0.1) is 0 Å². The van der Waals surface area contributed by atoms with Crippen LogP contribution < -0.4 is 4.90 Å². The fraction of sp³-hybridized carbons (Fsp3) is 0.471. The molecule has 0 amide bonds. The quantitative estimate of drug-likeness (QED) is 0.688. The molecule has 0 atom stereocenters. The molecule has 0 bridgehead atoms. The second-order valence-electron chi connectivity index (χ2n) is 6.23. The van der Waals surface area contributed by atoms with Crippen molar-refractivity contribution in [2.24, 2.45) is 0 Å². The zero-order valence-electron chi connectivity index (χ0n) is 12.9. The molecule has 118 valence electrons. The van der Waals surface area contributed by atoms with Gasteiger partial charge in [-0.15, -0.1) is 0 Å². The van der Waals surface area contributed by atoms with Crippen LogP contribution in [0.25, 0.3) is 22.2 Å². The van der Waals surface area contributed by atoms with Crippen LogP contribution >= 0.6 is 0 Å². The highest BCUT2D eigenvalue weighted by molar-refractivity contribution is 6.04. The normalized spacial score (nSPS) is 18.5. The first kappa shape index (κ1) is 13.2. The Labute approximate surface area is 133 Å². The predicted molar refractivity (Wildman–Crippen MR) is 86.8 cm³/mol. The van der Waals surface area contributed by atoms with Crippen LogP contribution in [-0.2, 0) is 17.6 Å². The summed E-state index contributed by atoms with van der Waals surface area (Å²) in [6.07, 6.45) is 6.23. The predicted octanol–water partition coefficient (Wildman–Crippen LogP) is 2.49. The minimum absolute atomic E-state index is 0.690. The third-order valence-electron chi connectivity index (χ3n) is 4.82. The number of ether oxygens (including phenoxy) is 1. The van der Waals surface area contributed by atoms with Crippen LogP contribution in [0.2, 0.25) is 0 Å². The number of aromatic nitrogens is 3. The van der Waals surface area contributed by atoms with Crippen LogP contribution in [-0.4, -0.2) is 41.3 Å². The van der Waals surface area contributed by atoms with Gasteiger partial charge in [-0.3, -0.25) is 0 Å². The van der Waals surface area contributed by atoms with Crippen molar-refractivity contribution in [3.63, 3.8) is 0 Å². The summed E-state index contributed by atoms with van der Waals surface area (Å²) in [6, 6.07) is 2.22. The van der Waals surface area contributed by atoms with Crippen molar-refractivity contribution >= 4 is 28.0 Å². The smallest absolute Gasteiger partial charge is 0.229 e. The Morgan fingerprint density at radius 3 is 2.83 bits per heavy atom. The number of nitrogens with zero attached hydrogens (tertiary/aromatic N) is 4. The Bertz CT molecular complexity index is 883. The Morgan fingerprint density at radius 2 is 1.91 bits per heavy atom. The highest BCUT2D eigenvalue weighted by Crippen LogP contribution is 2.34. The standard InChI is InChI=1S/C17H18N4O2/c1-2-4-13-11(3-1)9-12-14-15(23-17(12)20-13)16(19-10-18-14)21-5-7-22-8-6-21/h9-10H,1-8H2. The van der Waals surface area contributed by atoms with Gasteiger partial charge in [-0.1, -0.05) is 0 Å². The molecule has 5 rings (SSSR count). The molecular weight excluding hydrogens is 292 g/mol. The average molecular weight is 310 g/mol. The fourth-order valence-electron chi connectivity index (χ4n) is 3.61. The van der Waals surface area contributed by atoms with E-state index in [0.717, 1.165) is 61.4 Å². The molecule has 23 heavy (non-hydrogen) atoms. The lowest BCUT2D eigenvalue weighted by Gasteiger charge is -2.27. The van der Waals surface area contributed by atoms with Gasteiger partial charge in [0.1, 0.15) is 11.8 Å². The lowest BCUT2D eigenvalue weighted by molar-refractivity contribution is 0.122. The van der Waals surface area contributed by atoms with Gasteiger partial charge in [0, 0.05) is 18.8 Å². The number of rotatable bonds is 1. The summed E-state index contributed by atoms with van der Waals surface area (Å²) in [6.45, 7) is 3.09. The number of anilines is 1. The number of pyridine rings is 1. The highest BCUT2D eigenvalue weighted by Gasteiger charge is 2.22. The van der Waals surface area contributed by atoms with E-state index in [1.165, 1.54) is 24.1 Å². The highest BCUT2D eigenvalue weighted by atomic mass is 16.5. The first-order valence-corrected chi connectivity index (χ1v) is 8.29. The van der Waals surface area contributed by atoms with E-state index in [4.69, 9.17) is 14.1 Å². The third-order valence-corrected chi connectivity index (χ3v) is 4.82. The van der Waals surface area contributed by atoms with Crippen LogP contribution in [0.5, 0.6) is 0 Å². The van der Waals surface area contributed by atoms with Gasteiger partial charge >= 0.3 is 0 Å². The summed E-state index contributed by atoms with van der Waals surface area (Å²) in [4.78, 5) is 15.9. The zero-order valence-corrected chi connectivity index (χ0v) is 12.9. The van der Waals surface area contributed by atoms with Gasteiger partial charge in [-0.2, -0.15) is 0 Å². The Balaban J connectivity index is 1.72. The maximum atomic E-state index is 6.08. The van der Waals surface area contributed by atoms with E-state index in [0.29, 0.717) is 5.71 Å². The third kappa shape index (κ3) is 2.09. The van der Waals surface area contributed by atoms with Gasteiger partial charge in [0.05, 0.1) is 18.6 Å². The second-order valence-corrected chi connectivity index (χ2v) is 6.23. The Hall–Kier alpha value is -2.21. The molecule has 0 saturated carbocycles. The number of morpholine rings is 1. The van der Waals surface area contributed by atoms with E-state index in [1.54, 1.807) is 6.33 Å². The van der Waals surface area contributed by atoms with E-state index in [-0.39, 0.29) is 0 Å². The fourth-order valence-corrected chi connectivity index (χ4v) is 3.61. The number of fused-ring (bicyclic) bond motifs is 4. The van der Waals surface area contributed by atoms with Crippen LogP contribution in [0.1, 0.15) is 24.1 Å². The number of hydrogen-bond acceptors (Lipinski definition) is 6. The second kappa shape index (κ2) is 5.16. The summed E-state index contributed by atoms with van der Waals surface area (Å²) < 4.78 is 11.5. The van der Waals surface area contributed by atoms with E-state index < -0.39 is 0 Å². The Kier molecular flexibility index (Phi) is 2.97. The van der Waals surface area contributed by atoms with Gasteiger partial charge in [-0.25, -0.2) is 15.0 Å². The van der Waals surface area contributed by atoms with Gasteiger partial charge in [-0.05, 0) is 37.3 Å². The minimum atomic E-state index is 0.690. The maximum Gasteiger partial charge on any atom is 0.229 e. The summed E-state index contributed by atoms with van der Waals surface area (Å²) in [5, 5.41) is 1.01. The zero-order chi connectivity index (χ0) is 15.2. The molecule has 1 aliphatic carbocycles. The van der Waals surface area contributed by atoms with Crippen molar-refractivity contribution in [3.05, 3.63) is 23.7 Å². The molecule has 6 nitrogen and oxygen atoms in total. The van der Waals surface area contributed by atoms with Crippen molar-refractivity contribution in [3.8, 4) is 0 Å². The molecule has 3 aromatic rings. The van der Waals surface area contributed by atoms with Crippen molar-refractivity contribution in [2.45, 2.75) is 25.7 Å². The van der Waals surface area contributed by atoms with E-state index >= 15 is 0 Å². The summed E-state index contributed by atoms with van der Waals surface area (Å²) >= 11 is 0. The van der Waals surface area contributed by atoms with E-state index in [1.807, 2.05) is 0 Å². The molecule has 0 N–H and O–H groups in total. The summed E-state index contributed by atoms with van der Waals surface area (Å²) in [5.74, 6) is 0.856. The first-order chi connectivity index (χ1) is 11.4. The maximum absolute atomic E-state index is 6.08. The van der Waals surface area contributed by atoms with Crippen molar-refractivity contribution in [1.29, 1.82) is 0 Å². The van der Waals surface area contributed by atoms with E-state index in [9.17, 15) is 0 Å². The molecule has 4 heterocycles. The average Bonchev–Trinajstić information content (AvgIpc) is 2.98. The van der Waals surface area contributed by atoms with E-state index in [2.05, 4.69) is 20.9 Å². The molecule has 0 unspecified atom stereocenters. The SMILES string of the molecule is c1nc(N2CCOCC2)c2oc3nc4c(cc3c2n1)CCCC4. The van der Waals surface area contributed by atoms with Crippen molar-refractivity contribution < 1.29 is 9.15 Å². The molecule has 2 aliphatic rings. The van der Waals surface area contributed by atoms with Gasteiger partial charge in [0.2, 0.25) is 5.71 Å². The first-order valence-electron chi connectivity index (χ1n) is 8.29. The van der Waals surface area contributed by atoms with Crippen molar-refractivity contribution in [1.82, 2.24) is 15.0 Å². The number of hydrogen-bond donors (Lipinski definition) is 0. The van der Waals surface area contributed by atoms with Crippen LogP contribution in [0.15, 0.2) is 16.8 Å². The van der Waals surface area contributed by atoms with Gasteiger partial charge < -0.3 is 14.1 Å². The monoisotopic (exact) mass is 310 g/mol. The van der Waals surface area contributed by atoms with Crippen LogP contribution in [0.3, 0.4) is 0 Å². The van der Waals surface area contributed by atoms with Gasteiger partial charge in [0.15, 0.2) is 11.4 Å². The summed E-state index contributed by atoms with van der Waals surface area (Å²) in [5.41, 5.74) is 4.84.